The molecule has 0 radical (unpaired) electrons. The number of aliphatic hydroxyl groups is 1. The summed E-state index contributed by atoms with van der Waals surface area (Å²) >= 11 is 6.43. The van der Waals surface area contributed by atoms with Gasteiger partial charge in [-0.2, -0.15) is 0 Å². The molecule has 4 fully saturated rings. The second-order valence-corrected chi connectivity index (χ2v) is 10.9. The quantitative estimate of drug-likeness (QED) is 0.586. The summed E-state index contributed by atoms with van der Waals surface area (Å²) in [6, 6.07) is 15.1. The van der Waals surface area contributed by atoms with Crippen LogP contribution in [0.3, 0.4) is 0 Å². The van der Waals surface area contributed by atoms with E-state index in [1.165, 1.54) is 37.7 Å². The second kappa shape index (κ2) is 6.49. The zero-order valence-corrected chi connectivity index (χ0v) is 18.3. The summed E-state index contributed by atoms with van der Waals surface area (Å²) in [5, 5.41) is 13.0. The Morgan fingerprint density at radius 1 is 0.935 bits per heavy atom. The maximum Gasteiger partial charge on any atom is 0.145 e. The lowest BCUT2D eigenvalue weighted by Crippen LogP contribution is -2.55. The molecule has 1 heterocycles. The minimum absolute atomic E-state index is 0.110. The van der Waals surface area contributed by atoms with Gasteiger partial charge in [0.25, 0.3) is 0 Å². The van der Waals surface area contributed by atoms with E-state index in [2.05, 4.69) is 48.5 Å². The van der Waals surface area contributed by atoms with Gasteiger partial charge in [0, 0.05) is 11.5 Å². The highest BCUT2D eigenvalue weighted by molar-refractivity contribution is 6.30. The number of allylic oxidation sites excluding steroid dienone is 2. The molecule has 2 nitrogen and oxygen atoms in total. The van der Waals surface area contributed by atoms with Gasteiger partial charge in [-0.3, -0.25) is 0 Å². The SMILES string of the molecule is OC1(c2ccccc2-c2ccc3c(c2)OC2C(Cl)=CC=CC32)C2CC3CC(C2)CC1C3. The summed E-state index contributed by atoms with van der Waals surface area (Å²) in [5.74, 6) is 3.55. The third kappa shape index (κ3) is 2.55. The molecule has 0 spiro atoms. The zero-order chi connectivity index (χ0) is 20.7. The van der Waals surface area contributed by atoms with Gasteiger partial charge in [-0.15, -0.1) is 0 Å². The number of benzene rings is 2. The second-order valence-electron chi connectivity index (χ2n) is 10.4. The van der Waals surface area contributed by atoms with Crippen LogP contribution in [0.25, 0.3) is 11.1 Å². The first-order valence-corrected chi connectivity index (χ1v) is 12.2. The molecule has 6 aliphatic rings. The van der Waals surface area contributed by atoms with Crippen molar-refractivity contribution in [1.29, 1.82) is 0 Å². The van der Waals surface area contributed by atoms with Crippen molar-refractivity contribution in [2.75, 3.05) is 0 Å². The average molecular weight is 431 g/mol. The molecule has 0 saturated heterocycles. The van der Waals surface area contributed by atoms with E-state index in [-0.39, 0.29) is 12.0 Å². The van der Waals surface area contributed by atoms with Gasteiger partial charge in [0.05, 0.1) is 10.6 Å². The van der Waals surface area contributed by atoms with E-state index in [0.717, 1.165) is 39.3 Å². The number of fused-ring (bicyclic) bond motifs is 3. The van der Waals surface area contributed by atoms with Gasteiger partial charge in [-0.1, -0.05) is 60.2 Å². The van der Waals surface area contributed by atoms with Crippen LogP contribution in [0, 0.1) is 23.7 Å². The molecule has 5 aliphatic carbocycles. The Morgan fingerprint density at radius 2 is 1.68 bits per heavy atom. The van der Waals surface area contributed by atoms with E-state index in [0.29, 0.717) is 11.8 Å². The molecule has 2 aromatic carbocycles. The summed E-state index contributed by atoms with van der Waals surface area (Å²) in [6.07, 6.45) is 12.1. The Kier molecular flexibility index (Phi) is 3.88. The lowest BCUT2D eigenvalue weighted by atomic mass is 9.48. The number of ether oxygens (including phenoxy) is 1. The monoisotopic (exact) mass is 430 g/mol. The third-order valence-electron chi connectivity index (χ3n) is 8.85. The standard InChI is InChI=1S/C28H27ClO2/c29-25-7-3-5-23-22-9-8-18(15-26(22)31-27(23)25)21-4-1-2-6-24(21)28(30)19-11-16-10-17(13-19)14-20(28)12-16/h1-9,15-17,19-20,23,27,30H,10-14H2. The van der Waals surface area contributed by atoms with Crippen molar-refractivity contribution < 1.29 is 9.84 Å². The highest BCUT2D eigenvalue weighted by atomic mass is 35.5. The molecule has 31 heavy (non-hydrogen) atoms. The molecule has 2 aromatic rings. The Morgan fingerprint density at radius 3 is 2.45 bits per heavy atom. The molecule has 2 atom stereocenters. The van der Waals surface area contributed by atoms with Gasteiger partial charge >= 0.3 is 0 Å². The van der Waals surface area contributed by atoms with E-state index in [9.17, 15) is 5.11 Å². The minimum Gasteiger partial charge on any atom is -0.484 e. The highest BCUT2D eigenvalue weighted by Gasteiger charge is 2.57. The summed E-state index contributed by atoms with van der Waals surface area (Å²) in [7, 11) is 0. The molecule has 0 amide bonds. The number of halogens is 1. The first kappa shape index (κ1) is 18.5. The van der Waals surface area contributed by atoms with E-state index in [4.69, 9.17) is 16.3 Å². The van der Waals surface area contributed by atoms with Crippen molar-refractivity contribution in [1.82, 2.24) is 0 Å². The van der Waals surface area contributed by atoms with E-state index in [1.54, 1.807) is 0 Å². The van der Waals surface area contributed by atoms with E-state index in [1.807, 2.05) is 12.2 Å². The van der Waals surface area contributed by atoms with Crippen LogP contribution in [0.4, 0.5) is 0 Å². The van der Waals surface area contributed by atoms with Crippen molar-refractivity contribution in [2.24, 2.45) is 23.7 Å². The van der Waals surface area contributed by atoms with Crippen LogP contribution < -0.4 is 4.74 Å². The van der Waals surface area contributed by atoms with Gasteiger partial charge in [0.2, 0.25) is 0 Å². The van der Waals surface area contributed by atoms with Crippen LogP contribution in [-0.4, -0.2) is 11.2 Å². The van der Waals surface area contributed by atoms with Crippen molar-refractivity contribution in [3.63, 3.8) is 0 Å². The molecule has 8 rings (SSSR count). The molecule has 0 aromatic heterocycles. The van der Waals surface area contributed by atoms with Crippen molar-refractivity contribution >= 4 is 11.6 Å². The highest BCUT2D eigenvalue weighted by Crippen LogP contribution is 2.62. The summed E-state index contributed by atoms with van der Waals surface area (Å²) < 4.78 is 6.28. The third-order valence-corrected chi connectivity index (χ3v) is 9.19. The Bertz CT molecular complexity index is 1100. The molecule has 1 aliphatic heterocycles. The van der Waals surface area contributed by atoms with Crippen molar-refractivity contribution in [3.8, 4) is 16.9 Å². The maximum absolute atomic E-state index is 12.2. The predicted octanol–water partition coefficient (Wildman–Crippen LogP) is 6.53. The molecule has 4 saturated carbocycles. The predicted molar refractivity (Wildman–Crippen MR) is 123 cm³/mol. The number of rotatable bonds is 2. The molecular formula is C28H27ClO2. The molecule has 3 heteroatoms. The Balaban J connectivity index is 1.31. The number of hydrogen-bond acceptors (Lipinski definition) is 2. The van der Waals surface area contributed by atoms with Crippen LogP contribution >= 0.6 is 11.6 Å². The van der Waals surface area contributed by atoms with E-state index >= 15 is 0 Å². The fourth-order valence-corrected chi connectivity index (χ4v) is 7.93. The van der Waals surface area contributed by atoms with Gasteiger partial charge in [-0.25, -0.2) is 0 Å². The largest absolute Gasteiger partial charge is 0.484 e. The smallest absolute Gasteiger partial charge is 0.145 e. The topological polar surface area (TPSA) is 29.5 Å². The summed E-state index contributed by atoms with van der Waals surface area (Å²) in [5.41, 5.74) is 3.89. The van der Waals surface area contributed by atoms with Gasteiger partial charge in [-0.05, 0) is 84.6 Å². The molecule has 4 bridgehead atoms. The normalized spacial score (nSPS) is 39.1. The Hall–Kier alpha value is -2.03. The molecule has 1 N–H and O–H groups in total. The van der Waals surface area contributed by atoms with Gasteiger partial charge in [0.15, 0.2) is 0 Å². The molecule has 158 valence electrons. The van der Waals surface area contributed by atoms with Crippen LogP contribution in [0.15, 0.2) is 65.7 Å². The lowest BCUT2D eigenvalue weighted by Gasteiger charge is -2.59. The van der Waals surface area contributed by atoms with Gasteiger partial charge in [0.1, 0.15) is 11.9 Å². The molecular weight excluding hydrogens is 404 g/mol. The van der Waals surface area contributed by atoms with Crippen molar-refractivity contribution in [2.45, 2.75) is 49.7 Å². The van der Waals surface area contributed by atoms with Crippen LogP contribution in [0.1, 0.15) is 49.1 Å². The Labute approximate surface area is 188 Å². The fraction of sp³-hybridized carbons (Fsp3) is 0.429. The maximum atomic E-state index is 12.2. The van der Waals surface area contributed by atoms with E-state index < -0.39 is 5.60 Å². The first-order valence-electron chi connectivity index (χ1n) is 11.8. The molecule has 2 unspecified atom stereocenters. The minimum atomic E-state index is -0.702. The summed E-state index contributed by atoms with van der Waals surface area (Å²) in [6.45, 7) is 0. The number of hydrogen-bond donors (Lipinski definition) is 1. The van der Waals surface area contributed by atoms with Crippen LogP contribution in [0.5, 0.6) is 5.75 Å². The lowest BCUT2D eigenvalue weighted by molar-refractivity contribution is -0.179. The van der Waals surface area contributed by atoms with Crippen LogP contribution in [0.2, 0.25) is 0 Å². The average Bonchev–Trinajstić information content (AvgIpc) is 3.16. The van der Waals surface area contributed by atoms with Crippen molar-refractivity contribution in [3.05, 3.63) is 76.9 Å². The zero-order valence-electron chi connectivity index (χ0n) is 17.5. The van der Waals surface area contributed by atoms with Crippen LogP contribution in [-0.2, 0) is 5.60 Å². The fourth-order valence-electron chi connectivity index (χ4n) is 7.67. The first-order chi connectivity index (χ1) is 15.1. The van der Waals surface area contributed by atoms with Gasteiger partial charge < -0.3 is 9.84 Å². The summed E-state index contributed by atoms with van der Waals surface area (Å²) in [4.78, 5) is 0.